The van der Waals surface area contributed by atoms with Gasteiger partial charge in [-0.2, -0.15) is 11.8 Å². The van der Waals surface area contributed by atoms with E-state index in [1.165, 1.54) is 0 Å². The fraction of sp³-hybridized carbons (Fsp3) is 0.571. The second-order valence-electron chi connectivity index (χ2n) is 4.97. The van der Waals surface area contributed by atoms with Crippen LogP contribution in [0.15, 0.2) is 24.3 Å². The highest BCUT2D eigenvalue weighted by molar-refractivity contribution is 8.01. The lowest BCUT2D eigenvalue weighted by Crippen LogP contribution is -2.48. The summed E-state index contributed by atoms with van der Waals surface area (Å²) in [5.41, 5.74) is 7.82. The van der Waals surface area contributed by atoms with Gasteiger partial charge in [0.05, 0.1) is 0 Å². The van der Waals surface area contributed by atoms with Crippen LogP contribution < -0.4 is 5.73 Å². The van der Waals surface area contributed by atoms with Crippen LogP contribution in [-0.2, 0) is 16.3 Å². The topological polar surface area (TPSA) is 63.4 Å². The number of benzene rings is 1. The van der Waals surface area contributed by atoms with Crippen molar-refractivity contribution in [3.8, 4) is 0 Å². The van der Waals surface area contributed by atoms with Crippen molar-refractivity contribution in [2.75, 3.05) is 36.1 Å². The zero-order chi connectivity index (χ0) is 14.6. The Kier molecular flexibility index (Phi) is 5.35. The van der Waals surface area contributed by atoms with Crippen LogP contribution in [0, 0.1) is 0 Å². The number of sulfone groups is 1. The van der Waals surface area contributed by atoms with Crippen molar-refractivity contribution in [2.24, 2.45) is 0 Å². The first kappa shape index (κ1) is 15.7. The molecule has 0 aromatic heterocycles. The summed E-state index contributed by atoms with van der Waals surface area (Å²) in [4.78, 5) is 2.10. The summed E-state index contributed by atoms with van der Waals surface area (Å²) in [6.45, 7) is 3.31. The van der Waals surface area contributed by atoms with Crippen LogP contribution in [0.4, 0.5) is 5.69 Å². The molecule has 6 heteroatoms. The second kappa shape index (κ2) is 6.83. The second-order valence-corrected chi connectivity index (χ2v) is 8.56. The van der Waals surface area contributed by atoms with Crippen LogP contribution in [0.25, 0.3) is 0 Å². The number of para-hydroxylation sites is 1. The molecule has 0 amide bonds. The van der Waals surface area contributed by atoms with Crippen molar-refractivity contribution in [2.45, 2.75) is 18.7 Å². The Bertz CT molecular complexity index is 546. The molecule has 0 spiro atoms. The number of hydrogen-bond donors (Lipinski definition) is 1. The summed E-state index contributed by atoms with van der Waals surface area (Å²) in [5, 5.41) is -0.337. The number of hydrogen-bond acceptors (Lipinski definition) is 5. The molecule has 0 bridgehead atoms. The monoisotopic (exact) mass is 314 g/mol. The lowest BCUT2D eigenvalue weighted by molar-refractivity contribution is 0.273. The molecule has 0 saturated carbocycles. The first-order valence-corrected chi connectivity index (χ1v) is 9.78. The molecule has 1 aromatic carbocycles. The fourth-order valence-electron chi connectivity index (χ4n) is 2.42. The van der Waals surface area contributed by atoms with Crippen molar-refractivity contribution in [1.29, 1.82) is 0 Å². The van der Waals surface area contributed by atoms with E-state index in [2.05, 4.69) is 4.90 Å². The molecule has 1 heterocycles. The van der Waals surface area contributed by atoms with E-state index in [1.54, 1.807) is 18.7 Å². The molecule has 1 atom stereocenters. The van der Waals surface area contributed by atoms with Crippen LogP contribution in [0.1, 0.15) is 12.5 Å². The van der Waals surface area contributed by atoms with Crippen molar-refractivity contribution in [3.63, 3.8) is 0 Å². The molecule has 1 fully saturated rings. The lowest BCUT2D eigenvalue weighted by atomic mass is 10.1. The minimum Gasteiger partial charge on any atom is -0.399 e. The standard InChI is InChI=1S/C14H22N2O2S2/c1-2-20(17,18)14-11-19-10-9-16(14)8-7-12-5-3-4-6-13(12)15/h3-6,14H,2,7-11,15H2,1H3. The highest BCUT2D eigenvalue weighted by atomic mass is 32.2. The average molecular weight is 314 g/mol. The summed E-state index contributed by atoms with van der Waals surface area (Å²) in [7, 11) is -3.01. The van der Waals surface area contributed by atoms with Gasteiger partial charge in [0, 0.05) is 36.0 Å². The molecule has 1 aliphatic heterocycles. The molecule has 4 nitrogen and oxygen atoms in total. The maximum absolute atomic E-state index is 12.2. The van der Waals surface area contributed by atoms with Crippen LogP contribution in [0.3, 0.4) is 0 Å². The molecule has 1 unspecified atom stereocenters. The molecular weight excluding hydrogens is 292 g/mol. The number of nitrogens with two attached hydrogens (primary N) is 1. The van der Waals surface area contributed by atoms with Gasteiger partial charge in [-0.15, -0.1) is 0 Å². The van der Waals surface area contributed by atoms with Gasteiger partial charge in [-0.05, 0) is 18.1 Å². The van der Waals surface area contributed by atoms with E-state index < -0.39 is 9.84 Å². The summed E-state index contributed by atoms with van der Waals surface area (Å²) in [6, 6.07) is 7.79. The largest absolute Gasteiger partial charge is 0.399 e. The van der Waals surface area contributed by atoms with Crippen LogP contribution >= 0.6 is 11.8 Å². The van der Waals surface area contributed by atoms with Crippen molar-refractivity contribution in [3.05, 3.63) is 29.8 Å². The molecule has 2 N–H and O–H groups in total. The van der Waals surface area contributed by atoms with Gasteiger partial charge >= 0.3 is 0 Å². The molecule has 0 aliphatic carbocycles. The summed E-state index contributed by atoms with van der Waals surface area (Å²) in [5.74, 6) is 1.89. The summed E-state index contributed by atoms with van der Waals surface area (Å²) in [6.07, 6.45) is 0.799. The van der Waals surface area contributed by atoms with E-state index in [4.69, 9.17) is 5.73 Å². The highest BCUT2D eigenvalue weighted by Gasteiger charge is 2.32. The van der Waals surface area contributed by atoms with Gasteiger partial charge < -0.3 is 5.73 Å². The van der Waals surface area contributed by atoms with Gasteiger partial charge in [0.2, 0.25) is 0 Å². The zero-order valence-corrected chi connectivity index (χ0v) is 13.4. The molecule has 2 rings (SSSR count). The molecule has 1 aliphatic rings. The minimum atomic E-state index is -3.01. The normalized spacial score (nSPS) is 20.9. The predicted octanol–water partition coefficient (Wildman–Crippen LogP) is 1.62. The summed E-state index contributed by atoms with van der Waals surface area (Å²) >= 11 is 1.73. The number of anilines is 1. The first-order chi connectivity index (χ1) is 9.54. The van der Waals surface area contributed by atoms with Gasteiger partial charge in [-0.1, -0.05) is 25.1 Å². The number of nitrogen functional groups attached to an aromatic ring is 1. The highest BCUT2D eigenvalue weighted by Crippen LogP contribution is 2.22. The Labute approximate surface area is 125 Å². The van der Waals surface area contributed by atoms with Gasteiger partial charge in [-0.25, -0.2) is 8.42 Å². The maximum Gasteiger partial charge on any atom is 0.166 e. The van der Waals surface area contributed by atoms with Crippen LogP contribution in [-0.4, -0.2) is 49.0 Å². The quantitative estimate of drug-likeness (QED) is 0.837. The van der Waals surface area contributed by atoms with Crippen molar-refractivity contribution >= 4 is 27.3 Å². The SMILES string of the molecule is CCS(=O)(=O)C1CSCCN1CCc1ccccc1N. The Morgan fingerprint density at radius 2 is 2.15 bits per heavy atom. The lowest BCUT2D eigenvalue weighted by Gasteiger charge is -2.34. The third-order valence-electron chi connectivity index (χ3n) is 3.73. The number of nitrogens with zero attached hydrogens (tertiary/aromatic N) is 1. The zero-order valence-electron chi connectivity index (χ0n) is 11.8. The Hall–Kier alpha value is -0.720. The smallest absolute Gasteiger partial charge is 0.166 e. The third-order valence-corrected chi connectivity index (χ3v) is 7.06. The third kappa shape index (κ3) is 3.68. The van der Waals surface area contributed by atoms with Crippen LogP contribution in [0.5, 0.6) is 0 Å². The van der Waals surface area contributed by atoms with Gasteiger partial charge in [0.25, 0.3) is 0 Å². The van der Waals surface area contributed by atoms with E-state index in [0.29, 0.717) is 5.75 Å². The maximum atomic E-state index is 12.2. The van der Waals surface area contributed by atoms with E-state index in [0.717, 1.165) is 36.5 Å². The number of rotatable bonds is 5. The fourth-order valence-corrected chi connectivity index (χ4v) is 5.53. The Morgan fingerprint density at radius 3 is 2.85 bits per heavy atom. The molecular formula is C14H22N2O2S2. The van der Waals surface area contributed by atoms with Crippen LogP contribution in [0.2, 0.25) is 0 Å². The summed E-state index contributed by atoms with van der Waals surface area (Å²) < 4.78 is 24.3. The predicted molar refractivity (Wildman–Crippen MR) is 86.7 cm³/mol. The van der Waals surface area contributed by atoms with E-state index in [-0.39, 0.29) is 11.1 Å². The average Bonchev–Trinajstić information content (AvgIpc) is 2.47. The van der Waals surface area contributed by atoms with E-state index in [9.17, 15) is 8.42 Å². The minimum absolute atomic E-state index is 0.211. The molecule has 20 heavy (non-hydrogen) atoms. The molecule has 1 aromatic rings. The van der Waals surface area contributed by atoms with Crippen molar-refractivity contribution < 1.29 is 8.42 Å². The molecule has 0 radical (unpaired) electrons. The Morgan fingerprint density at radius 1 is 1.40 bits per heavy atom. The van der Waals surface area contributed by atoms with Gasteiger partial charge in [-0.3, -0.25) is 4.90 Å². The van der Waals surface area contributed by atoms with Gasteiger partial charge in [0.15, 0.2) is 9.84 Å². The Balaban J connectivity index is 2.05. The first-order valence-electron chi connectivity index (χ1n) is 6.91. The van der Waals surface area contributed by atoms with E-state index >= 15 is 0 Å². The van der Waals surface area contributed by atoms with Crippen molar-refractivity contribution in [1.82, 2.24) is 4.90 Å². The van der Waals surface area contributed by atoms with E-state index in [1.807, 2.05) is 24.3 Å². The molecule has 112 valence electrons. The number of thioether (sulfide) groups is 1. The van der Waals surface area contributed by atoms with Gasteiger partial charge in [0.1, 0.15) is 5.37 Å². The molecule has 1 saturated heterocycles.